The Bertz CT molecular complexity index is 882. The first-order chi connectivity index (χ1) is 12.0. The Hall–Kier alpha value is -2.17. The lowest BCUT2D eigenvalue weighted by Crippen LogP contribution is -2.44. The van der Waals surface area contributed by atoms with E-state index in [1.807, 2.05) is 19.2 Å². The predicted molar refractivity (Wildman–Crippen MR) is 94.3 cm³/mol. The highest BCUT2D eigenvalue weighted by atomic mass is 32.2. The number of nitrogens with zero attached hydrogens (tertiary/aromatic N) is 4. The second kappa shape index (κ2) is 7.38. The summed E-state index contributed by atoms with van der Waals surface area (Å²) in [6.45, 7) is 3.23. The van der Waals surface area contributed by atoms with Gasteiger partial charge in [-0.2, -0.15) is 9.57 Å². The van der Waals surface area contributed by atoms with E-state index in [0.717, 1.165) is 38.1 Å². The smallest absolute Gasteiger partial charge is 0.243 e. The monoisotopic (exact) mass is 358 g/mol. The fourth-order valence-corrected chi connectivity index (χ4v) is 5.14. The van der Waals surface area contributed by atoms with Crippen LogP contribution < -0.4 is 0 Å². The number of sulfonamides is 1. The van der Waals surface area contributed by atoms with Gasteiger partial charge in [0, 0.05) is 31.5 Å². The van der Waals surface area contributed by atoms with Crippen molar-refractivity contribution in [2.45, 2.75) is 50.1 Å². The zero-order valence-corrected chi connectivity index (χ0v) is 15.1. The van der Waals surface area contributed by atoms with Crippen LogP contribution in [0, 0.1) is 18.3 Å². The lowest BCUT2D eigenvalue weighted by Gasteiger charge is -2.35. The van der Waals surface area contributed by atoms with E-state index < -0.39 is 10.0 Å². The maximum Gasteiger partial charge on any atom is 0.243 e. The van der Waals surface area contributed by atoms with Crippen LogP contribution in [0.2, 0.25) is 0 Å². The van der Waals surface area contributed by atoms with Gasteiger partial charge in [-0.3, -0.25) is 0 Å². The summed E-state index contributed by atoms with van der Waals surface area (Å²) in [7, 11) is -3.59. The van der Waals surface area contributed by atoms with E-state index in [1.54, 1.807) is 28.7 Å². The minimum Gasteiger partial charge on any atom is -0.335 e. The van der Waals surface area contributed by atoms with Gasteiger partial charge in [-0.05, 0) is 44.4 Å². The molecule has 1 fully saturated rings. The molecule has 1 saturated heterocycles. The molecule has 0 bridgehead atoms. The summed E-state index contributed by atoms with van der Waals surface area (Å²) in [4.78, 5) is 4.42. The van der Waals surface area contributed by atoms with Crippen LogP contribution in [0.5, 0.6) is 0 Å². The maximum absolute atomic E-state index is 13.1. The quantitative estimate of drug-likeness (QED) is 0.823. The molecule has 0 radical (unpaired) electrons. The van der Waals surface area contributed by atoms with E-state index in [0.29, 0.717) is 12.1 Å². The van der Waals surface area contributed by atoms with Gasteiger partial charge in [0.1, 0.15) is 5.82 Å². The van der Waals surface area contributed by atoms with Gasteiger partial charge in [-0.1, -0.05) is 12.5 Å². The molecule has 6 nitrogen and oxygen atoms in total. The lowest BCUT2D eigenvalue weighted by molar-refractivity contribution is 0.233. The van der Waals surface area contributed by atoms with Crippen molar-refractivity contribution in [3.05, 3.63) is 48.0 Å². The maximum atomic E-state index is 13.1. The van der Waals surface area contributed by atoms with Crippen LogP contribution in [0.15, 0.2) is 41.6 Å². The van der Waals surface area contributed by atoms with Crippen molar-refractivity contribution < 1.29 is 8.42 Å². The fourth-order valence-electron chi connectivity index (χ4n) is 3.37. The van der Waals surface area contributed by atoms with E-state index in [9.17, 15) is 8.42 Å². The molecule has 1 unspecified atom stereocenters. The molecule has 25 heavy (non-hydrogen) atoms. The number of hydrogen-bond acceptors (Lipinski definition) is 4. The molecule has 1 aliphatic heterocycles. The molecule has 0 saturated carbocycles. The molecule has 0 amide bonds. The molecular weight excluding hydrogens is 336 g/mol. The molecule has 0 N–H and O–H groups in total. The molecule has 0 aliphatic carbocycles. The Morgan fingerprint density at radius 1 is 1.36 bits per heavy atom. The van der Waals surface area contributed by atoms with Crippen LogP contribution in [0.4, 0.5) is 0 Å². The average molecular weight is 358 g/mol. The van der Waals surface area contributed by atoms with Crippen LogP contribution >= 0.6 is 0 Å². The zero-order chi connectivity index (χ0) is 17.9. The van der Waals surface area contributed by atoms with Gasteiger partial charge in [-0.15, -0.1) is 0 Å². The molecule has 132 valence electrons. The van der Waals surface area contributed by atoms with E-state index in [-0.39, 0.29) is 10.9 Å². The van der Waals surface area contributed by atoms with Gasteiger partial charge < -0.3 is 4.57 Å². The molecule has 1 aliphatic rings. The van der Waals surface area contributed by atoms with Gasteiger partial charge in [0.15, 0.2) is 0 Å². The highest BCUT2D eigenvalue weighted by Crippen LogP contribution is 2.28. The Morgan fingerprint density at radius 2 is 2.20 bits per heavy atom. The second-order valence-corrected chi connectivity index (χ2v) is 8.25. The third kappa shape index (κ3) is 3.75. The summed E-state index contributed by atoms with van der Waals surface area (Å²) in [5.41, 5.74) is 0.365. The molecule has 7 heteroatoms. The van der Waals surface area contributed by atoms with E-state index in [1.165, 1.54) is 6.07 Å². The van der Waals surface area contributed by atoms with Crippen molar-refractivity contribution in [3.8, 4) is 6.07 Å². The average Bonchev–Trinajstić information content (AvgIpc) is 3.05. The highest BCUT2D eigenvalue weighted by Gasteiger charge is 2.33. The predicted octanol–water partition coefficient (Wildman–Crippen LogP) is 2.70. The molecule has 1 aromatic carbocycles. The number of benzene rings is 1. The van der Waals surface area contributed by atoms with Crippen molar-refractivity contribution >= 4 is 10.0 Å². The fraction of sp³-hybridized carbons (Fsp3) is 0.444. The molecular formula is C18H22N4O2S. The summed E-state index contributed by atoms with van der Waals surface area (Å²) in [5, 5.41) is 9.04. The standard InChI is InChI=1S/C18H22N4O2S/c1-15-20-9-12-21(15)11-8-17-6-2-3-10-22(17)25(23,24)18-7-4-5-16(13-18)14-19/h4-5,7,9,12-13,17H,2-3,6,8,10-11H2,1H3. The molecule has 2 aromatic rings. The summed E-state index contributed by atoms with van der Waals surface area (Å²) < 4.78 is 29.9. The Kier molecular flexibility index (Phi) is 5.21. The third-order valence-corrected chi connectivity index (χ3v) is 6.72. The number of aromatic nitrogens is 2. The van der Waals surface area contributed by atoms with Crippen molar-refractivity contribution in [3.63, 3.8) is 0 Å². The van der Waals surface area contributed by atoms with E-state index in [4.69, 9.17) is 5.26 Å². The number of hydrogen-bond donors (Lipinski definition) is 0. The highest BCUT2D eigenvalue weighted by molar-refractivity contribution is 7.89. The Labute approximate surface area is 148 Å². The normalized spacial score (nSPS) is 18.8. The second-order valence-electron chi connectivity index (χ2n) is 6.36. The molecule has 1 aromatic heterocycles. The van der Waals surface area contributed by atoms with Gasteiger partial charge >= 0.3 is 0 Å². The summed E-state index contributed by atoms with van der Waals surface area (Å²) in [6, 6.07) is 8.26. The Morgan fingerprint density at radius 3 is 2.92 bits per heavy atom. The van der Waals surface area contributed by atoms with Crippen LogP contribution in [0.25, 0.3) is 0 Å². The first kappa shape index (κ1) is 17.6. The topological polar surface area (TPSA) is 79.0 Å². The van der Waals surface area contributed by atoms with Gasteiger partial charge in [0.2, 0.25) is 10.0 Å². The lowest BCUT2D eigenvalue weighted by atomic mass is 10.0. The van der Waals surface area contributed by atoms with Crippen LogP contribution in [-0.2, 0) is 16.6 Å². The summed E-state index contributed by atoms with van der Waals surface area (Å²) in [5.74, 6) is 0.937. The largest absolute Gasteiger partial charge is 0.335 e. The number of piperidine rings is 1. The van der Waals surface area contributed by atoms with Gasteiger partial charge in [0.05, 0.1) is 16.5 Å². The summed E-state index contributed by atoms with van der Waals surface area (Å²) in [6.07, 6.45) is 7.22. The van der Waals surface area contributed by atoms with Crippen LogP contribution in [0.1, 0.15) is 37.1 Å². The Balaban J connectivity index is 1.82. The molecule has 2 heterocycles. The van der Waals surface area contributed by atoms with Crippen LogP contribution in [0.3, 0.4) is 0 Å². The minimum absolute atomic E-state index is 0.0220. The summed E-state index contributed by atoms with van der Waals surface area (Å²) >= 11 is 0. The first-order valence-corrected chi connectivity index (χ1v) is 9.96. The number of rotatable bonds is 5. The molecule has 0 spiro atoms. The SMILES string of the molecule is Cc1nccn1CCC1CCCCN1S(=O)(=O)c1cccc(C#N)c1. The number of imidazole rings is 1. The van der Waals surface area contributed by atoms with Gasteiger partial charge in [0.25, 0.3) is 0 Å². The number of aryl methyl sites for hydroxylation is 2. The molecule has 3 rings (SSSR count). The van der Waals surface area contributed by atoms with E-state index in [2.05, 4.69) is 9.55 Å². The van der Waals surface area contributed by atoms with Crippen molar-refractivity contribution in [2.75, 3.05) is 6.54 Å². The molecule has 1 atom stereocenters. The van der Waals surface area contributed by atoms with Crippen molar-refractivity contribution in [1.82, 2.24) is 13.9 Å². The van der Waals surface area contributed by atoms with E-state index >= 15 is 0 Å². The number of nitriles is 1. The van der Waals surface area contributed by atoms with Gasteiger partial charge in [-0.25, -0.2) is 13.4 Å². The zero-order valence-electron chi connectivity index (χ0n) is 14.3. The first-order valence-electron chi connectivity index (χ1n) is 8.52. The van der Waals surface area contributed by atoms with Crippen molar-refractivity contribution in [2.24, 2.45) is 0 Å². The third-order valence-electron chi connectivity index (χ3n) is 4.77. The van der Waals surface area contributed by atoms with Crippen LogP contribution in [-0.4, -0.2) is 34.9 Å². The van der Waals surface area contributed by atoms with Crippen molar-refractivity contribution in [1.29, 1.82) is 5.26 Å². The minimum atomic E-state index is -3.59.